The van der Waals surface area contributed by atoms with Crippen LogP contribution in [0.1, 0.15) is 70.4 Å². The van der Waals surface area contributed by atoms with Crippen LogP contribution in [0.2, 0.25) is 0 Å². The van der Waals surface area contributed by atoms with Crippen LogP contribution in [-0.4, -0.2) is 21.4 Å². The van der Waals surface area contributed by atoms with Gasteiger partial charge < -0.3 is 0 Å². The van der Waals surface area contributed by atoms with E-state index in [1.807, 2.05) is 19.9 Å². The maximum absolute atomic E-state index is 12.9. The number of carbonyl (C=O) groups is 1. The van der Waals surface area contributed by atoms with Gasteiger partial charge in [-0.25, -0.2) is 10.1 Å². The fraction of sp³-hybridized carbons (Fsp3) is 0.545. The van der Waals surface area contributed by atoms with Crippen LogP contribution in [-0.2, 0) is 0 Å². The van der Waals surface area contributed by atoms with Gasteiger partial charge in [-0.05, 0) is 51.0 Å². The third-order valence-electron chi connectivity index (χ3n) is 5.59. The summed E-state index contributed by atoms with van der Waals surface area (Å²) in [5, 5.41) is 9.91. The van der Waals surface area contributed by atoms with Crippen molar-refractivity contribution < 1.29 is 4.79 Å². The Kier molecular flexibility index (Phi) is 5.96. The lowest BCUT2D eigenvalue weighted by atomic mass is 9.76. The second-order valence-electron chi connectivity index (χ2n) is 8.52. The summed E-state index contributed by atoms with van der Waals surface area (Å²) in [6.07, 6.45) is 3.21. The second-order valence-corrected chi connectivity index (χ2v) is 8.52. The Bertz CT molecular complexity index is 959. The second kappa shape index (κ2) is 8.25. The van der Waals surface area contributed by atoms with Crippen molar-refractivity contribution in [3.63, 3.8) is 0 Å². The first kappa shape index (κ1) is 20.2. The lowest BCUT2D eigenvalue weighted by Crippen LogP contribution is -2.33. The Balaban J connectivity index is 1.97. The van der Waals surface area contributed by atoms with Gasteiger partial charge in [0, 0.05) is 17.0 Å². The van der Waals surface area contributed by atoms with Crippen LogP contribution >= 0.6 is 0 Å². The fourth-order valence-electron chi connectivity index (χ4n) is 3.99. The summed E-state index contributed by atoms with van der Waals surface area (Å²) in [4.78, 5) is 25.6. The number of carbonyl (C=O) groups excluding carboxylic acids is 1. The van der Waals surface area contributed by atoms with Crippen LogP contribution in [0.4, 0.5) is 0 Å². The molecule has 3 rings (SSSR count). The maximum Gasteiger partial charge on any atom is 0.292 e. The molecule has 0 radical (unpaired) electrons. The molecule has 150 valence electrons. The van der Waals surface area contributed by atoms with Crippen molar-refractivity contribution >= 4 is 22.4 Å². The molecule has 1 heterocycles. The number of aromatic nitrogens is 2. The van der Waals surface area contributed by atoms with Crippen LogP contribution in [0.25, 0.3) is 10.8 Å². The van der Waals surface area contributed by atoms with Crippen molar-refractivity contribution in [1.29, 1.82) is 0 Å². The van der Waals surface area contributed by atoms with Gasteiger partial charge in [0.15, 0.2) is 5.69 Å². The van der Waals surface area contributed by atoms with E-state index in [0.29, 0.717) is 28.5 Å². The molecule has 1 saturated carbocycles. The van der Waals surface area contributed by atoms with E-state index >= 15 is 0 Å². The minimum absolute atomic E-state index is 0.139. The largest absolute Gasteiger partial charge is 0.292 e. The van der Waals surface area contributed by atoms with Gasteiger partial charge in [0.1, 0.15) is 0 Å². The highest BCUT2D eigenvalue weighted by molar-refractivity contribution is 6.05. The number of fused-ring (bicyclic) bond motifs is 1. The zero-order valence-electron chi connectivity index (χ0n) is 17.4. The molecule has 1 aromatic heterocycles. The summed E-state index contributed by atoms with van der Waals surface area (Å²) >= 11 is 0. The van der Waals surface area contributed by atoms with Crippen LogP contribution < -0.4 is 11.0 Å². The van der Waals surface area contributed by atoms with E-state index in [1.54, 1.807) is 18.2 Å². The Morgan fingerprint density at radius 1 is 1.18 bits per heavy atom. The molecular weight excluding hydrogens is 352 g/mol. The predicted molar refractivity (Wildman–Crippen MR) is 113 cm³/mol. The van der Waals surface area contributed by atoms with Crippen LogP contribution in [0.3, 0.4) is 0 Å². The lowest BCUT2D eigenvalue weighted by molar-refractivity contribution is 0.0948. The minimum atomic E-state index is -0.376. The lowest BCUT2D eigenvalue weighted by Gasteiger charge is -2.30. The molecule has 28 heavy (non-hydrogen) atoms. The molecule has 1 aromatic carbocycles. The number of benzene rings is 1. The van der Waals surface area contributed by atoms with Gasteiger partial charge in [-0.3, -0.25) is 9.59 Å². The summed E-state index contributed by atoms with van der Waals surface area (Å²) in [5.74, 6) is 1.09. The van der Waals surface area contributed by atoms with E-state index < -0.39 is 0 Å². The summed E-state index contributed by atoms with van der Waals surface area (Å²) in [6.45, 7) is 10.4. The molecular formula is C22H30N4O2. The van der Waals surface area contributed by atoms with Gasteiger partial charge in [-0.1, -0.05) is 39.0 Å². The molecule has 0 unspecified atom stereocenters. The molecule has 1 fully saturated rings. The molecule has 1 aliphatic carbocycles. The molecule has 6 heteroatoms. The van der Waals surface area contributed by atoms with E-state index in [1.165, 1.54) is 11.1 Å². The third kappa shape index (κ3) is 4.01. The van der Waals surface area contributed by atoms with Gasteiger partial charge in [0.25, 0.3) is 11.5 Å². The molecule has 1 aliphatic rings. The number of amides is 1. The Morgan fingerprint density at radius 3 is 2.50 bits per heavy atom. The van der Waals surface area contributed by atoms with Crippen LogP contribution in [0, 0.1) is 17.8 Å². The van der Waals surface area contributed by atoms with Crippen molar-refractivity contribution in [3.05, 3.63) is 40.3 Å². The van der Waals surface area contributed by atoms with Crippen molar-refractivity contribution in [2.75, 3.05) is 0 Å². The highest BCUT2D eigenvalue weighted by Gasteiger charge is 2.27. The van der Waals surface area contributed by atoms with Gasteiger partial charge in [0.05, 0.1) is 11.4 Å². The predicted octanol–water partition coefficient (Wildman–Crippen LogP) is 4.16. The molecule has 1 amide bonds. The Morgan fingerprint density at radius 2 is 1.86 bits per heavy atom. The van der Waals surface area contributed by atoms with Gasteiger partial charge in [-0.15, -0.1) is 0 Å². The molecule has 2 atom stereocenters. The number of hydrazone groups is 1. The number of rotatable bonds is 4. The summed E-state index contributed by atoms with van der Waals surface area (Å²) < 4.78 is 1.37. The first-order valence-electron chi connectivity index (χ1n) is 10.2. The topological polar surface area (TPSA) is 76.3 Å². The molecule has 0 bridgehead atoms. The third-order valence-corrected chi connectivity index (χ3v) is 5.59. The van der Waals surface area contributed by atoms with E-state index in [4.69, 9.17) is 0 Å². The Hall–Kier alpha value is -2.50. The van der Waals surface area contributed by atoms with E-state index in [-0.39, 0.29) is 23.2 Å². The molecule has 1 N–H and O–H groups in total. The average molecular weight is 383 g/mol. The summed E-state index contributed by atoms with van der Waals surface area (Å²) in [7, 11) is 0. The van der Waals surface area contributed by atoms with Crippen molar-refractivity contribution in [2.24, 2.45) is 22.9 Å². The number of hydrogen-bond acceptors (Lipinski definition) is 4. The average Bonchev–Trinajstić information content (AvgIpc) is 2.66. The monoisotopic (exact) mass is 382 g/mol. The molecule has 0 saturated heterocycles. The first-order valence-corrected chi connectivity index (χ1v) is 10.2. The SMILES string of the molecule is CC(C)[C@@H]1CC[C@@H](C)C/C1=N/NC(=O)c1nn(C(C)C)c(=O)c2ccccc12. The van der Waals surface area contributed by atoms with E-state index in [0.717, 1.165) is 18.6 Å². The molecule has 6 nitrogen and oxygen atoms in total. The molecule has 2 aromatic rings. The summed E-state index contributed by atoms with van der Waals surface area (Å²) in [5.41, 5.74) is 3.83. The van der Waals surface area contributed by atoms with E-state index in [2.05, 4.69) is 36.4 Å². The highest BCUT2D eigenvalue weighted by Crippen LogP contribution is 2.31. The minimum Gasteiger partial charge on any atom is -0.267 e. The van der Waals surface area contributed by atoms with Gasteiger partial charge >= 0.3 is 0 Å². The highest BCUT2D eigenvalue weighted by atomic mass is 16.2. The Labute approximate surface area is 166 Å². The van der Waals surface area contributed by atoms with Crippen molar-refractivity contribution in [2.45, 2.75) is 59.9 Å². The standard InChI is InChI=1S/C22H30N4O2/c1-13(2)16-11-10-15(5)12-19(16)23-24-21(27)20-17-8-6-7-9-18(17)22(28)26(25-20)14(3)4/h6-9,13-16H,10-12H2,1-5H3,(H,24,27)/b23-19-/t15-,16+/m1/s1. The van der Waals surface area contributed by atoms with E-state index in [9.17, 15) is 9.59 Å². The number of hydrogen-bond donors (Lipinski definition) is 1. The normalized spacial score (nSPS) is 21.6. The number of nitrogens with zero attached hydrogens (tertiary/aromatic N) is 3. The van der Waals surface area contributed by atoms with Crippen LogP contribution in [0.15, 0.2) is 34.2 Å². The zero-order valence-corrected chi connectivity index (χ0v) is 17.4. The number of nitrogens with one attached hydrogen (secondary N) is 1. The van der Waals surface area contributed by atoms with Gasteiger partial charge in [-0.2, -0.15) is 10.2 Å². The fourth-order valence-corrected chi connectivity index (χ4v) is 3.99. The van der Waals surface area contributed by atoms with Crippen LogP contribution in [0.5, 0.6) is 0 Å². The smallest absolute Gasteiger partial charge is 0.267 e. The van der Waals surface area contributed by atoms with Gasteiger partial charge in [0.2, 0.25) is 0 Å². The quantitative estimate of drug-likeness (QED) is 0.807. The van der Waals surface area contributed by atoms with Crippen molar-refractivity contribution in [3.8, 4) is 0 Å². The zero-order chi connectivity index (χ0) is 20.4. The maximum atomic E-state index is 12.9. The van der Waals surface area contributed by atoms with Crippen molar-refractivity contribution in [1.82, 2.24) is 15.2 Å². The first-order chi connectivity index (χ1) is 13.3. The summed E-state index contributed by atoms with van der Waals surface area (Å²) in [6, 6.07) is 6.96. The molecule has 0 aliphatic heterocycles. The molecule has 0 spiro atoms.